The third-order valence-electron chi connectivity index (χ3n) is 1.25. The molecule has 0 aliphatic carbocycles. The molecule has 17 heavy (non-hydrogen) atoms. The zero-order valence-corrected chi connectivity index (χ0v) is 8.48. The second-order valence-electron chi connectivity index (χ2n) is 2.95. The first-order valence-electron chi connectivity index (χ1n) is 3.86. The lowest BCUT2D eigenvalue weighted by molar-refractivity contribution is -0.169. The van der Waals surface area contributed by atoms with Crippen molar-refractivity contribution in [3.63, 3.8) is 0 Å². The average Bonchev–Trinajstić information content (AvgIpc) is 2.08. The molecule has 0 fully saturated rings. The van der Waals surface area contributed by atoms with Crippen molar-refractivity contribution in [3.05, 3.63) is 0 Å². The number of alkyl halides is 6. The van der Waals surface area contributed by atoms with Crippen LogP contribution in [0.3, 0.4) is 0 Å². The molecule has 0 spiro atoms. The smallest absolute Gasteiger partial charge is 0.302 e. The molecule has 0 aromatic carbocycles. The van der Waals surface area contributed by atoms with E-state index in [1.165, 1.54) is 0 Å². The van der Waals surface area contributed by atoms with Gasteiger partial charge in [0.15, 0.2) is 5.71 Å². The Labute approximate surface area is 90.9 Å². The zero-order valence-electron chi connectivity index (χ0n) is 8.48. The topological polar surface area (TPSA) is 49.7 Å². The highest BCUT2D eigenvalue weighted by atomic mass is 19.4. The van der Waals surface area contributed by atoms with Crippen LogP contribution in [0.25, 0.3) is 0 Å². The van der Waals surface area contributed by atoms with Gasteiger partial charge in [0.2, 0.25) is 0 Å². The second kappa shape index (κ2) is 4.72. The number of hydrogen-bond donors (Lipinski definition) is 0. The summed E-state index contributed by atoms with van der Waals surface area (Å²) in [5.41, 5.74) is -2.21. The van der Waals surface area contributed by atoms with Crippen LogP contribution < -0.4 is 0 Å². The quantitative estimate of drug-likeness (QED) is 0.333. The molecular weight excluding hydrogens is 258 g/mol. The monoisotopic (exact) mass is 264 g/mol. The standard InChI is InChI=1S/C7H6F6N2O2/c1-15(2)14-3(4(16)6(8,9)10)5(17)7(11,12)13/h1-2H3. The van der Waals surface area contributed by atoms with E-state index in [0.717, 1.165) is 14.1 Å². The number of hydrogen-bond acceptors (Lipinski definition) is 4. The van der Waals surface area contributed by atoms with Crippen molar-refractivity contribution in [2.75, 3.05) is 14.1 Å². The number of carbonyl (C=O) groups is 2. The summed E-state index contributed by atoms with van der Waals surface area (Å²) in [7, 11) is 1.93. The Kier molecular flexibility index (Phi) is 4.27. The molecule has 0 radical (unpaired) electrons. The Morgan fingerprint density at radius 1 is 0.882 bits per heavy atom. The van der Waals surface area contributed by atoms with E-state index >= 15 is 0 Å². The third-order valence-corrected chi connectivity index (χ3v) is 1.25. The highest BCUT2D eigenvalue weighted by Gasteiger charge is 2.51. The van der Waals surface area contributed by atoms with E-state index < -0.39 is 29.6 Å². The molecule has 98 valence electrons. The molecule has 0 atom stereocenters. The van der Waals surface area contributed by atoms with E-state index in [9.17, 15) is 35.9 Å². The van der Waals surface area contributed by atoms with Crippen molar-refractivity contribution in [1.82, 2.24) is 5.01 Å². The Morgan fingerprint density at radius 2 is 1.18 bits per heavy atom. The Bertz CT molecular complexity index is 326. The minimum Gasteiger partial charge on any atom is -0.302 e. The summed E-state index contributed by atoms with van der Waals surface area (Å²) in [5.74, 6) is -5.87. The predicted octanol–water partition coefficient (Wildman–Crippen LogP) is 1.17. The molecule has 0 heterocycles. The van der Waals surface area contributed by atoms with Crippen LogP contribution in [0.4, 0.5) is 26.3 Å². The van der Waals surface area contributed by atoms with Crippen molar-refractivity contribution in [1.29, 1.82) is 0 Å². The number of Topliss-reactive ketones (excluding diaryl/α,β-unsaturated/α-hetero) is 2. The van der Waals surface area contributed by atoms with Gasteiger partial charge in [-0.05, 0) is 0 Å². The van der Waals surface area contributed by atoms with Crippen molar-refractivity contribution in [2.24, 2.45) is 5.10 Å². The lowest BCUT2D eigenvalue weighted by atomic mass is 10.1. The summed E-state index contributed by atoms with van der Waals surface area (Å²) >= 11 is 0. The Hall–Kier alpha value is -1.61. The van der Waals surface area contributed by atoms with Gasteiger partial charge >= 0.3 is 12.4 Å². The van der Waals surface area contributed by atoms with Gasteiger partial charge in [0.1, 0.15) is 0 Å². The van der Waals surface area contributed by atoms with Gasteiger partial charge in [-0.15, -0.1) is 0 Å². The molecule has 10 heteroatoms. The summed E-state index contributed by atoms with van der Waals surface area (Å²) in [4.78, 5) is 21.2. The van der Waals surface area contributed by atoms with Crippen molar-refractivity contribution < 1.29 is 35.9 Å². The van der Waals surface area contributed by atoms with E-state index in [0.29, 0.717) is 5.01 Å². The SMILES string of the molecule is CN(C)N=C(C(=O)C(F)(F)F)C(=O)C(F)(F)F. The number of rotatable bonds is 3. The molecule has 0 unspecified atom stereocenters. The molecule has 0 aromatic heterocycles. The number of hydrazone groups is 1. The van der Waals surface area contributed by atoms with Crippen LogP contribution in [0.1, 0.15) is 0 Å². The zero-order chi connectivity index (χ0) is 14.0. The van der Waals surface area contributed by atoms with Gasteiger partial charge in [-0.25, -0.2) is 0 Å². The molecule has 0 saturated carbocycles. The normalized spacial score (nSPS) is 12.0. The Morgan fingerprint density at radius 3 is 1.35 bits per heavy atom. The highest BCUT2D eigenvalue weighted by Crippen LogP contribution is 2.22. The van der Waals surface area contributed by atoms with Crippen molar-refractivity contribution in [2.45, 2.75) is 12.4 Å². The summed E-state index contributed by atoms with van der Waals surface area (Å²) in [5, 5.41) is 3.11. The molecule has 0 aliphatic rings. The minimum atomic E-state index is -5.60. The first kappa shape index (κ1) is 15.4. The fraction of sp³-hybridized carbons (Fsp3) is 0.571. The van der Waals surface area contributed by atoms with E-state index in [1.54, 1.807) is 0 Å². The minimum absolute atomic E-state index is 0.489. The Balaban J connectivity index is 5.49. The summed E-state index contributed by atoms with van der Waals surface area (Å²) in [6.45, 7) is 0. The van der Waals surface area contributed by atoms with Crippen LogP contribution in [-0.4, -0.2) is 48.7 Å². The molecule has 0 aliphatic heterocycles. The first-order chi connectivity index (χ1) is 7.37. The van der Waals surface area contributed by atoms with E-state index in [4.69, 9.17) is 0 Å². The first-order valence-corrected chi connectivity index (χ1v) is 3.86. The highest BCUT2D eigenvalue weighted by molar-refractivity contribution is 6.68. The van der Waals surface area contributed by atoms with Crippen LogP contribution in [0.15, 0.2) is 5.10 Å². The molecule has 0 bridgehead atoms. The number of carbonyl (C=O) groups excluding carboxylic acids is 2. The molecule has 0 N–H and O–H groups in total. The number of nitrogens with zero attached hydrogens (tertiary/aromatic N) is 2. The second-order valence-corrected chi connectivity index (χ2v) is 2.95. The third kappa shape index (κ3) is 4.41. The van der Waals surface area contributed by atoms with Gasteiger partial charge in [-0.3, -0.25) is 9.59 Å². The van der Waals surface area contributed by atoms with Crippen molar-refractivity contribution >= 4 is 17.3 Å². The maximum Gasteiger partial charge on any atom is 0.456 e. The van der Waals surface area contributed by atoms with Crippen molar-refractivity contribution in [3.8, 4) is 0 Å². The van der Waals surface area contributed by atoms with Gasteiger partial charge in [0.25, 0.3) is 11.6 Å². The molecular formula is C7H6F6N2O2. The number of halogens is 6. The lowest BCUT2D eigenvalue weighted by Crippen LogP contribution is -2.42. The van der Waals surface area contributed by atoms with E-state index in [2.05, 4.69) is 5.10 Å². The van der Waals surface area contributed by atoms with Gasteiger partial charge in [0.05, 0.1) is 0 Å². The lowest BCUT2D eigenvalue weighted by Gasteiger charge is -2.12. The molecule has 0 aromatic rings. The van der Waals surface area contributed by atoms with Crippen LogP contribution in [-0.2, 0) is 9.59 Å². The van der Waals surface area contributed by atoms with Crippen LogP contribution in [0.2, 0.25) is 0 Å². The fourth-order valence-electron chi connectivity index (χ4n) is 0.662. The molecule has 0 saturated heterocycles. The maximum atomic E-state index is 11.9. The largest absolute Gasteiger partial charge is 0.456 e. The maximum absolute atomic E-state index is 11.9. The van der Waals surface area contributed by atoms with Gasteiger partial charge in [-0.1, -0.05) is 0 Å². The summed E-state index contributed by atoms with van der Waals surface area (Å²) in [6.07, 6.45) is -11.2. The molecule has 0 rings (SSSR count). The average molecular weight is 264 g/mol. The molecule has 0 amide bonds. The summed E-state index contributed by atoms with van der Waals surface area (Å²) < 4.78 is 71.6. The van der Waals surface area contributed by atoms with Gasteiger partial charge < -0.3 is 5.01 Å². The van der Waals surface area contributed by atoms with Gasteiger partial charge in [-0.2, -0.15) is 31.4 Å². The van der Waals surface area contributed by atoms with E-state index in [1.807, 2.05) is 0 Å². The predicted molar refractivity (Wildman–Crippen MR) is 43.2 cm³/mol. The van der Waals surface area contributed by atoms with Crippen LogP contribution in [0.5, 0.6) is 0 Å². The van der Waals surface area contributed by atoms with Crippen LogP contribution in [0, 0.1) is 0 Å². The van der Waals surface area contributed by atoms with E-state index in [-0.39, 0.29) is 0 Å². The van der Waals surface area contributed by atoms with Crippen LogP contribution >= 0.6 is 0 Å². The fourth-order valence-corrected chi connectivity index (χ4v) is 0.662. The summed E-state index contributed by atoms with van der Waals surface area (Å²) in [6, 6.07) is 0. The molecule has 4 nitrogen and oxygen atoms in total. The van der Waals surface area contributed by atoms with Gasteiger partial charge in [0, 0.05) is 14.1 Å². The number of ketones is 2.